The number of likely N-dealkylation sites (tertiary alicyclic amines) is 1. The summed E-state index contributed by atoms with van der Waals surface area (Å²) >= 11 is 0. The van der Waals surface area contributed by atoms with Crippen molar-refractivity contribution in [2.24, 2.45) is 0 Å². The molecule has 5 rings (SSSR count). The first kappa shape index (κ1) is 26.8. The maximum atomic E-state index is 13.4. The lowest BCUT2D eigenvalue weighted by Crippen LogP contribution is -2.29. The first-order chi connectivity index (χ1) is 19.5. The van der Waals surface area contributed by atoms with Gasteiger partial charge in [0.2, 0.25) is 0 Å². The smallest absolute Gasteiger partial charge is 0.295 e. The Hall–Kier alpha value is -4.84. The zero-order valence-corrected chi connectivity index (χ0v) is 22.5. The normalized spacial score (nSPS) is 16.2. The Morgan fingerprint density at radius 2 is 1.45 bits per heavy atom. The minimum absolute atomic E-state index is 0.0465. The average molecular weight is 534 g/mol. The highest BCUT2D eigenvalue weighted by molar-refractivity contribution is 6.46. The lowest BCUT2D eigenvalue weighted by molar-refractivity contribution is -0.140. The van der Waals surface area contributed by atoms with Gasteiger partial charge in [-0.2, -0.15) is 0 Å². The summed E-state index contributed by atoms with van der Waals surface area (Å²) in [7, 11) is 0. The van der Waals surface area contributed by atoms with Gasteiger partial charge in [-0.1, -0.05) is 96.6 Å². The number of aliphatic hydroxyl groups is 1. The van der Waals surface area contributed by atoms with E-state index in [4.69, 9.17) is 9.47 Å². The number of ether oxygens (including phenoxy) is 2. The minimum atomic E-state index is -0.816. The van der Waals surface area contributed by atoms with Crippen LogP contribution in [0.1, 0.15) is 40.8 Å². The van der Waals surface area contributed by atoms with Crippen molar-refractivity contribution < 1.29 is 24.2 Å². The fourth-order valence-electron chi connectivity index (χ4n) is 4.85. The Labute approximate surface area is 234 Å². The maximum Gasteiger partial charge on any atom is 0.295 e. The van der Waals surface area contributed by atoms with Gasteiger partial charge in [-0.05, 0) is 42.7 Å². The van der Waals surface area contributed by atoms with E-state index in [-0.39, 0.29) is 17.9 Å². The molecule has 1 atom stereocenters. The third-order valence-corrected chi connectivity index (χ3v) is 6.88. The topological polar surface area (TPSA) is 76.1 Å². The van der Waals surface area contributed by atoms with E-state index in [0.717, 1.165) is 16.7 Å². The number of carbonyl (C=O) groups is 2. The van der Waals surface area contributed by atoms with Gasteiger partial charge in [0.1, 0.15) is 12.4 Å². The molecule has 40 heavy (non-hydrogen) atoms. The van der Waals surface area contributed by atoms with Crippen molar-refractivity contribution in [1.29, 1.82) is 0 Å². The van der Waals surface area contributed by atoms with Gasteiger partial charge in [0.05, 0.1) is 18.2 Å². The van der Waals surface area contributed by atoms with Gasteiger partial charge in [0.25, 0.3) is 11.7 Å². The lowest BCUT2D eigenvalue weighted by Gasteiger charge is -2.26. The predicted molar refractivity (Wildman–Crippen MR) is 154 cm³/mol. The molecule has 1 saturated heterocycles. The average Bonchev–Trinajstić information content (AvgIpc) is 3.22. The molecule has 1 unspecified atom stereocenters. The van der Waals surface area contributed by atoms with Crippen LogP contribution in [0.5, 0.6) is 11.5 Å². The fourth-order valence-corrected chi connectivity index (χ4v) is 4.85. The van der Waals surface area contributed by atoms with E-state index in [1.165, 1.54) is 4.90 Å². The van der Waals surface area contributed by atoms with Crippen LogP contribution in [-0.2, 0) is 22.7 Å². The van der Waals surface area contributed by atoms with E-state index < -0.39 is 17.7 Å². The number of benzene rings is 4. The first-order valence-electron chi connectivity index (χ1n) is 13.3. The van der Waals surface area contributed by atoms with Crippen molar-refractivity contribution in [3.05, 3.63) is 137 Å². The molecule has 0 spiro atoms. The SMILES string of the molecule is CCOc1cc(C2/C(=C(\O)c3ccc(C)cc3)C(=O)C(=O)N2Cc2ccccc2)ccc1OCc1ccccc1. The molecule has 0 bridgehead atoms. The molecule has 1 heterocycles. The van der Waals surface area contributed by atoms with Crippen LogP contribution in [0.3, 0.4) is 0 Å². The van der Waals surface area contributed by atoms with Crippen molar-refractivity contribution in [3.63, 3.8) is 0 Å². The van der Waals surface area contributed by atoms with Crippen molar-refractivity contribution in [1.82, 2.24) is 4.90 Å². The third-order valence-electron chi connectivity index (χ3n) is 6.88. The number of Topliss-reactive ketones (excluding diaryl/α,β-unsaturated/α-hetero) is 1. The Bertz CT molecular complexity index is 1530. The van der Waals surface area contributed by atoms with Crippen LogP contribution in [-0.4, -0.2) is 28.3 Å². The molecular weight excluding hydrogens is 502 g/mol. The van der Waals surface area contributed by atoms with Gasteiger partial charge in [-0.15, -0.1) is 0 Å². The van der Waals surface area contributed by atoms with E-state index >= 15 is 0 Å². The highest BCUT2D eigenvalue weighted by Crippen LogP contribution is 2.43. The van der Waals surface area contributed by atoms with Crippen LogP contribution in [0.4, 0.5) is 0 Å². The van der Waals surface area contributed by atoms with E-state index in [1.54, 1.807) is 24.3 Å². The molecule has 4 aromatic rings. The number of ketones is 1. The van der Waals surface area contributed by atoms with Crippen molar-refractivity contribution in [2.45, 2.75) is 33.0 Å². The molecule has 4 aromatic carbocycles. The molecule has 0 radical (unpaired) electrons. The maximum absolute atomic E-state index is 13.4. The van der Waals surface area contributed by atoms with Crippen LogP contribution in [0.25, 0.3) is 5.76 Å². The van der Waals surface area contributed by atoms with Crippen molar-refractivity contribution in [3.8, 4) is 11.5 Å². The van der Waals surface area contributed by atoms with Gasteiger partial charge in [0, 0.05) is 12.1 Å². The molecule has 0 aromatic heterocycles. The highest BCUT2D eigenvalue weighted by Gasteiger charge is 2.46. The number of aryl methyl sites for hydroxylation is 1. The Balaban J connectivity index is 1.58. The van der Waals surface area contributed by atoms with E-state index in [0.29, 0.717) is 35.8 Å². The summed E-state index contributed by atoms with van der Waals surface area (Å²) in [5.74, 6) is -0.544. The van der Waals surface area contributed by atoms with Gasteiger partial charge >= 0.3 is 0 Å². The second kappa shape index (κ2) is 11.9. The molecule has 1 N–H and O–H groups in total. The zero-order chi connectivity index (χ0) is 28.1. The second-order valence-electron chi connectivity index (χ2n) is 9.69. The predicted octanol–water partition coefficient (Wildman–Crippen LogP) is 6.59. The molecule has 6 nitrogen and oxygen atoms in total. The summed E-state index contributed by atoms with van der Waals surface area (Å²) < 4.78 is 12.0. The van der Waals surface area contributed by atoms with E-state index in [1.807, 2.05) is 92.7 Å². The van der Waals surface area contributed by atoms with Crippen LogP contribution >= 0.6 is 0 Å². The van der Waals surface area contributed by atoms with Crippen molar-refractivity contribution in [2.75, 3.05) is 6.61 Å². The monoisotopic (exact) mass is 533 g/mol. The number of aliphatic hydroxyl groups excluding tert-OH is 1. The zero-order valence-electron chi connectivity index (χ0n) is 22.5. The molecule has 0 saturated carbocycles. The number of rotatable bonds is 9. The van der Waals surface area contributed by atoms with Gasteiger partial charge in [-0.3, -0.25) is 9.59 Å². The number of carbonyl (C=O) groups excluding carboxylic acids is 2. The van der Waals surface area contributed by atoms with Crippen molar-refractivity contribution >= 4 is 17.4 Å². The molecule has 6 heteroatoms. The second-order valence-corrected chi connectivity index (χ2v) is 9.69. The summed E-state index contributed by atoms with van der Waals surface area (Å²) in [6.45, 7) is 4.79. The minimum Gasteiger partial charge on any atom is -0.507 e. The summed E-state index contributed by atoms with van der Waals surface area (Å²) in [5.41, 5.74) is 4.07. The molecule has 1 aliphatic heterocycles. The number of amides is 1. The Morgan fingerprint density at radius 3 is 2.10 bits per heavy atom. The van der Waals surface area contributed by atoms with E-state index in [2.05, 4.69) is 0 Å². The standard InChI is InChI=1S/C34H31NO5/c1-3-39-29-20-27(18-19-28(29)40-22-25-12-8-5-9-13-25)31-30(32(36)26-16-14-23(2)15-17-26)33(37)34(38)35(31)21-24-10-6-4-7-11-24/h4-20,31,36H,3,21-22H2,1-2H3/b32-30+. The van der Waals surface area contributed by atoms with Crippen LogP contribution < -0.4 is 9.47 Å². The molecular formula is C34H31NO5. The van der Waals surface area contributed by atoms with Crippen LogP contribution in [0.2, 0.25) is 0 Å². The molecule has 202 valence electrons. The summed E-state index contributed by atoms with van der Waals surface area (Å²) in [4.78, 5) is 28.4. The Morgan fingerprint density at radius 1 is 0.800 bits per heavy atom. The fraction of sp³-hybridized carbons (Fsp3) is 0.176. The molecule has 0 aliphatic carbocycles. The van der Waals surface area contributed by atoms with Gasteiger partial charge in [-0.25, -0.2) is 0 Å². The van der Waals surface area contributed by atoms with Gasteiger partial charge < -0.3 is 19.5 Å². The van der Waals surface area contributed by atoms with E-state index in [9.17, 15) is 14.7 Å². The summed E-state index contributed by atoms with van der Waals surface area (Å²) in [5, 5.41) is 11.4. The number of nitrogens with zero attached hydrogens (tertiary/aromatic N) is 1. The third kappa shape index (κ3) is 5.61. The Kier molecular flexibility index (Phi) is 7.97. The number of hydrogen-bond donors (Lipinski definition) is 1. The quantitative estimate of drug-likeness (QED) is 0.149. The molecule has 1 aliphatic rings. The van der Waals surface area contributed by atoms with Crippen LogP contribution in [0, 0.1) is 6.92 Å². The highest BCUT2D eigenvalue weighted by atomic mass is 16.5. The molecule has 1 fully saturated rings. The number of hydrogen-bond acceptors (Lipinski definition) is 5. The largest absolute Gasteiger partial charge is 0.507 e. The lowest BCUT2D eigenvalue weighted by atomic mass is 9.94. The van der Waals surface area contributed by atoms with Crippen LogP contribution in [0.15, 0.2) is 109 Å². The first-order valence-corrected chi connectivity index (χ1v) is 13.3. The van der Waals surface area contributed by atoms with Gasteiger partial charge in [0.15, 0.2) is 11.5 Å². The molecule has 1 amide bonds. The summed E-state index contributed by atoms with van der Waals surface area (Å²) in [6.07, 6.45) is 0. The summed E-state index contributed by atoms with van der Waals surface area (Å²) in [6, 6.07) is 31.1.